The molecule has 3 heterocycles. The summed E-state index contributed by atoms with van der Waals surface area (Å²) in [6.07, 6.45) is 0. The van der Waals surface area contributed by atoms with E-state index in [2.05, 4.69) is 10.3 Å². The Morgan fingerprint density at radius 1 is 1.19 bits per heavy atom. The van der Waals surface area contributed by atoms with Crippen LogP contribution >= 0.6 is 22.7 Å². The van der Waals surface area contributed by atoms with Gasteiger partial charge >= 0.3 is 5.63 Å². The number of fused-ring (bicyclic) bond motifs is 1. The zero-order valence-corrected chi connectivity index (χ0v) is 15.7. The molecule has 3 aromatic heterocycles. The zero-order valence-electron chi connectivity index (χ0n) is 14.0. The van der Waals surface area contributed by atoms with Gasteiger partial charge in [-0.25, -0.2) is 9.78 Å². The fourth-order valence-electron chi connectivity index (χ4n) is 2.71. The van der Waals surface area contributed by atoms with Crippen molar-refractivity contribution in [3.05, 3.63) is 67.6 Å². The highest BCUT2D eigenvalue weighted by Gasteiger charge is 2.17. The van der Waals surface area contributed by atoms with Crippen LogP contribution in [0.15, 0.2) is 50.3 Å². The van der Waals surface area contributed by atoms with E-state index < -0.39 is 5.63 Å². The third-order valence-electron chi connectivity index (χ3n) is 3.98. The molecule has 0 aliphatic heterocycles. The monoisotopic (exact) mass is 382 g/mol. The van der Waals surface area contributed by atoms with Crippen molar-refractivity contribution in [3.63, 3.8) is 0 Å². The minimum Gasteiger partial charge on any atom is -0.423 e. The average Bonchev–Trinajstić information content (AvgIpc) is 3.23. The fourth-order valence-corrected chi connectivity index (χ4v) is 4.38. The molecule has 0 saturated heterocycles. The lowest BCUT2D eigenvalue weighted by atomic mass is 10.1. The number of aryl methyl sites for hydroxylation is 2. The molecule has 7 heteroatoms. The normalized spacial score (nSPS) is 11.0. The first-order valence-electron chi connectivity index (χ1n) is 7.87. The number of hydrogen-bond donors (Lipinski definition) is 1. The van der Waals surface area contributed by atoms with Crippen molar-refractivity contribution in [2.75, 3.05) is 5.32 Å². The molecule has 0 saturated carbocycles. The molecule has 0 bridgehead atoms. The predicted molar refractivity (Wildman–Crippen MR) is 105 cm³/mol. The molecular weight excluding hydrogens is 368 g/mol. The summed E-state index contributed by atoms with van der Waals surface area (Å²) in [5.74, 6) is -0.226. The van der Waals surface area contributed by atoms with Crippen molar-refractivity contribution in [2.24, 2.45) is 0 Å². The Labute approximate surface area is 157 Å². The molecular formula is C19H14N2O3S2. The van der Waals surface area contributed by atoms with E-state index in [-0.39, 0.29) is 5.91 Å². The number of amides is 1. The van der Waals surface area contributed by atoms with E-state index in [4.69, 9.17) is 4.42 Å². The van der Waals surface area contributed by atoms with Crippen LogP contribution in [0, 0.1) is 13.8 Å². The van der Waals surface area contributed by atoms with E-state index in [1.807, 2.05) is 36.7 Å². The summed E-state index contributed by atoms with van der Waals surface area (Å²) >= 11 is 2.96. The van der Waals surface area contributed by atoms with Gasteiger partial charge in [-0.2, -0.15) is 11.3 Å². The van der Waals surface area contributed by atoms with Crippen molar-refractivity contribution in [1.82, 2.24) is 4.98 Å². The molecule has 0 atom stereocenters. The first-order chi connectivity index (χ1) is 12.5. The smallest absolute Gasteiger partial charge is 0.336 e. The molecule has 130 valence electrons. The molecule has 5 nitrogen and oxygen atoms in total. The van der Waals surface area contributed by atoms with E-state index in [0.29, 0.717) is 21.8 Å². The molecule has 0 unspecified atom stereocenters. The average molecular weight is 382 g/mol. The van der Waals surface area contributed by atoms with Gasteiger partial charge in [0.2, 0.25) is 0 Å². The highest BCUT2D eigenvalue weighted by molar-refractivity contribution is 7.17. The number of carbonyl (C=O) groups is 1. The first kappa shape index (κ1) is 16.7. The number of thiazole rings is 1. The van der Waals surface area contributed by atoms with Crippen molar-refractivity contribution in [1.29, 1.82) is 0 Å². The van der Waals surface area contributed by atoms with Crippen LogP contribution in [0.3, 0.4) is 0 Å². The van der Waals surface area contributed by atoms with E-state index in [1.165, 1.54) is 17.4 Å². The minimum atomic E-state index is -0.405. The van der Waals surface area contributed by atoms with Crippen LogP contribution in [0.5, 0.6) is 0 Å². The summed E-state index contributed by atoms with van der Waals surface area (Å²) in [7, 11) is 0. The highest BCUT2D eigenvalue weighted by atomic mass is 32.1. The first-order valence-corrected chi connectivity index (χ1v) is 9.63. The number of carbonyl (C=O) groups excluding carboxylic acids is 1. The van der Waals surface area contributed by atoms with Gasteiger partial charge in [0.05, 0.1) is 5.69 Å². The number of aromatic nitrogens is 1. The van der Waals surface area contributed by atoms with Gasteiger partial charge in [-0.1, -0.05) is 0 Å². The summed E-state index contributed by atoms with van der Waals surface area (Å²) < 4.78 is 5.23. The van der Waals surface area contributed by atoms with Gasteiger partial charge in [0.15, 0.2) is 0 Å². The molecule has 0 aliphatic rings. The largest absolute Gasteiger partial charge is 0.423 e. The molecule has 4 rings (SSSR count). The van der Waals surface area contributed by atoms with Gasteiger partial charge in [0, 0.05) is 34.1 Å². The lowest BCUT2D eigenvalue weighted by Crippen LogP contribution is -2.11. The van der Waals surface area contributed by atoms with Crippen molar-refractivity contribution < 1.29 is 9.21 Å². The third kappa shape index (κ3) is 3.07. The van der Waals surface area contributed by atoms with Crippen LogP contribution in [0.2, 0.25) is 0 Å². The van der Waals surface area contributed by atoms with Crippen LogP contribution in [-0.4, -0.2) is 10.9 Å². The number of thiophene rings is 1. The Kier molecular flexibility index (Phi) is 4.18. The predicted octanol–water partition coefficient (Wildman–Crippen LogP) is 4.85. The molecule has 0 aliphatic carbocycles. The molecule has 0 radical (unpaired) electrons. The quantitative estimate of drug-likeness (QED) is 0.514. The Bertz CT molecular complexity index is 1170. The second kappa shape index (κ2) is 6.51. The van der Waals surface area contributed by atoms with Gasteiger partial charge in [0.25, 0.3) is 5.91 Å². The molecule has 1 amide bonds. The number of nitrogens with zero attached hydrogens (tertiary/aromatic N) is 1. The Hall–Kier alpha value is -2.77. The molecule has 1 aromatic carbocycles. The number of anilines is 1. The minimum absolute atomic E-state index is 0.226. The van der Waals surface area contributed by atoms with E-state index in [0.717, 1.165) is 21.5 Å². The lowest BCUT2D eigenvalue weighted by Gasteiger charge is -2.06. The van der Waals surface area contributed by atoms with Crippen LogP contribution in [-0.2, 0) is 0 Å². The van der Waals surface area contributed by atoms with Crippen LogP contribution in [0.4, 0.5) is 5.69 Å². The standard InChI is InChI=1S/C19H14N2O3S2/c1-10-7-16(22)24-15-8-13(3-4-14(10)15)21-18(23)17-11(2)20-19(26-17)12-5-6-25-9-12/h3-9H,1-2H3,(H,21,23). The van der Waals surface area contributed by atoms with Gasteiger partial charge in [-0.05, 0) is 43.0 Å². The van der Waals surface area contributed by atoms with Crippen molar-refractivity contribution in [2.45, 2.75) is 13.8 Å². The van der Waals surface area contributed by atoms with Crippen molar-refractivity contribution in [3.8, 4) is 10.6 Å². The van der Waals surface area contributed by atoms with Gasteiger partial charge < -0.3 is 9.73 Å². The summed E-state index contributed by atoms with van der Waals surface area (Å²) in [5, 5.41) is 8.52. The van der Waals surface area contributed by atoms with Crippen LogP contribution in [0.25, 0.3) is 21.5 Å². The number of benzene rings is 1. The molecule has 26 heavy (non-hydrogen) atoms. The highest BCUT2D eigenvalue weighted by Crippen LogP contribution is 2.30. The van der Waals surface area contributed by atoms with Crippen molar-refractivity contribution >= 4 is 45.2 Å². The van der Waals surface area contributed by atoms with E-state index in [1.54, 1.807) is 23.5 Å². The lowest BCUT2D eigenvalue weighted by molar-refractivity contribution is 0.103. The van der Waals surface area contributed by atoms with Crippen LogP contribution in [0.1, 0.15) is 20.9 Å². The topological polar surface area (TPSA) is 72.2 Å². The fraction of sp³-hybridized carbons (Fsp3) is 0.105. The Morgan fingerprint density at radius 3 is 2.81 bits per heavy atom. The number of hydrogen-bond acceptors (Lipinski definition) is 6. The van der Waals surface area contributed by atoms with E-state index in [9.17, 15) is 9.59 Å². The molecule has 0 fully saturated rings. The maximum absolute atomic E-state index is 12.7. The Morgan fingerprint density at radius 2 is 2.04 bits per heavy atom. The maximum Gasteiger partial charge on any atom is 0.336 e. The van der Waals surface area contributed by atoms with E-state index >= 15 is 0 Å². The Balaban J connectivity index is 1.64. The second-order valence-electron chi connectivity index (χ2n) is 5.86. The van der Waals surface area contributed by atoms with Gasteiger partial charge in [-0.3, -0.25) is 4.79 Å². The summed E-state index contributed by atoms with van der Waals surface area (Å²) in [6, 6.07) is 8.73. The summed E-state index contributed by atoms with van der Waals surface area (Å²) in [5.41, 5.74) is 3.17. The van der Waals surface area contributed by atoms with Gasteiger partial charge in [-0.15, -0.1) is 11.3 Å². The number of rotatable bonds is 3. The SMILES string of the molecule is Cc1nc(-c2ccsc2)sc1C(=O)Nc1ccc2c(C)cc(=O)oc2c1. The second-order valence-corrected chi connectivity index (χ2v) is 7.64. The summed E-state index contributed by atoms with van der Waals surface area (Å²) in [4.78, 5) is 29.3. The zero-order chi connectivity index (χ0) is 18.3. The molecule has 4 aromatic rings. The number of nitrogens with one attached hydrogen (secondary N) is 1. The molecule has 0 spiro atoms. The maximum atomic E-state index is 12.7. The molecule has 1 N–H and O–H groups in total. The third-order valence-corrected chi connectivity index (χ3v) is 5.87. The van der Waals surface area contributed by atoms with Gasteiger partial charge in [0.1, 0.15) is 15.5 Å². The van der Waals surface area contributed by atoms with Crippen LogP contribution < -0.4 is 10.9 Å². The summed E-state index contributed by atoms with van der Waals surface area (Å²) in [6.45, 7) is 3.67.